The van der Waals surface area contributed by atoms with Gasteiger partial charge in [0.1, 0.15) is 11.8 Å². The number of rotatable bonds is 6. The number of hydrazone groups is 1. The van der Waals surface area contributed by atoms with E-state index in [2.05, 4.69) is 15.5 Å². The number of hydrogen-bond donors (Lipinski definition) is 1. The molecular weight excluding hydrogens is 268 g/mol. The van der Waals surface area contributed by atoms with E-state index in [9.17, 15) is 0 Å². The molecule has 0 aliphatic rings. The lowest BCUT2D eigenvalue weighted by atomic mass is 10.2. The van der Waals surface area contributed by atoms with Gasteiger partial charge in [0.25, 0.3) is 5.88 Å². The molecule has 2 aromatic rings. The Bertz CT molecular complexity index is 671. The van der Waals surface area contributed by atoms with Crippen LogP contribution in [0.2, 0.25) is 0 Å². The van der Waals surface area contributed by atoms with Crippen molar-refractivity contribution in [3.8, 4) is 11.8 Å². The molecule has 21 heavy (non-hydrogen) atoms. The summed E-state index contributed by atoms with van der Waals surface area (Å²) in [5.41, 5.74) is 3.70. The lowest BCUT2D eigenvalue weighted by molar-refractivity contribution is 0.317. The number of para-hydroxylation sites is 1. The quantitative estimate of drug-likeness (QED) is 0.651. The number of aryl methyl sites for hydroxylation is 1. The molecule has 1 heterocycles. The summed E-state index contributed by atoms with van der Waals surface area (Å²) in [6.45, 7) is 4.37. The number of benzene rings is 1. The Labute approximate surface area is 123 Å². The topological polar surface area (TPSA) is 83.4 Å². The van der Waals surface area contributed by atoms with Crippen LogP contribution in [0, 0.1) is 18.3 Å². The van der Waals surface area contributed by atoms with Crippen molar-refractivity contribution in [2.24, 2.45) is 5.10 Å². The predicted octanol–water partition coefficient (Wildman–Crippen LogP) is 3.09. The molecule has 2 rings (SSSR count). The van der Waals surface area contributed by atoms with Gasteiger partial charge in [-0.1, -0.05) is 19.1 Å². The molecule has 6 heteroatoms. The van der Waals surface area contributed by atoms with Crippen LogP contribution in [0.25, 0.3) is 0 Å². The summed E-state index contributed by atoms with van der Waals surface area (Å²) in [6, 6.07) is 9.53. The van der Waals surface area contributed by atoms with E-state index in [1.807, 2.05) is 37.3 Å². The van der Waals surface area contributed by atoms with E-state index in [1.165, 1.54) is 0 Å². The highest BCUT2D eigenvalue weighted by atomic mass is 16.5. The summed E-state index contributed by atoms with van der Waals surface area (Å²) in [6.07, 6.45) is 2.55. The minimum absolute atomic E-state index is 0.181. The van der Waals surface area contributed by atoms with E-state index in [0.717, 1.165) is 17.7 Å². The summed E-state index contributed by atoms with van der Waals surface area (Å²) in [4.78, 5) is 3.92. The molecule has 0 aliphatic heterocycles. The lowest BCUT2D eigenvalue weighted by Crippen LogP contribution is -1.99. The molecule has 1 N–H and O–H groups in total. The van der Waals surface area contributed by atoms with Gasteiger partial charge >= 0.3 is 0 Å². The Morgan fingerprint density at radius 2 is 2.29 bits per heavy atom. The summed E-state index contributed by atoms with van der Waals surface area (Å²) < 4.78 is 10.9. The lowest BCUT2D eigenvalue weighted by Gasteiger charge is -2.07. The molecule has 0 saturated heterocycles. The molecule has 0 aliphatic carbocycles. The van der Waals surface area contributed by atoms with Crippen molar-refractivity contribution >= 4 is 12.1 Å². The van der Waals surface area contributed by atoms with Gasteiger partial charge in [-0.2, -0.15) is 10.4 Å². The Morgan fingerprint density at radius 1 is 1.48 bits per heavy atom. The van der Waals surface area contributed by atoms with Crippen LogP contribution in [0.1, 0.15) is 30.5 Å². The molecule has 0 bridgehead atoms. The largest absolute Gasteiger partial charge is 0.493 e. The Hall–Kier alpha value is -2.81. The first-order valence-electron chi connectivity index (χ1n) is 6.63. The van der Waals surface area contributed by atoms with Gasteiger partial charge < -0.3 is 9.15 Å². The highest BCUT2D eigenvalue weighted by molar-refractivity contribution is 5.83. The van der Waals surface area contributed by atoms with E-state index in [1.54, 1.807) is 13.1 Å². The van der Waals surface area contributed by atoms with Crippen molar-refractivity contribution in [3.63, 3.8) is 0 Å². The van der Waals surface area contributed by atoms with Gasteiger partial charge in [-0.05, 0) is 18.6 Å². The van der Waals surface area contributed by atoms with Crippen molar-refractivity contribution in [1.29, 1.82) is 5.26 Å². The molecule has 1 aromatic heterocycles. The van der Waals surface area contributed by atoms with Crippen LogP contribution in [0.4, 0.5) is 5.88 Å². The Kier molecular flexibility index (Phi) is 4.94. The maximum atomic E-state index is 8.90. The SMILES string of the molecule is CCCOc1ccccc1C=NNc1oc(C)nc1C#N. The standard InChI is InChI=1S/C15H16N4O2/c1-3-8-20-14-7-5-4-6-12(14)10-17-19-15-13(9-16)18-11(2)21-15/h4-7,10,19H,3,8H2,1-2H3. The number of hydrogen-bond acceptors (Lipinski definition) is 6. The fraction of sp³-hybridized carbons (Fsp3) is 0.267. The molecule has 108 valence electrons. The van der Waals surface area contributed by atoms with Gasteiger partial charge in [0.05, 0.1) is 12.8 Å². The average molecular weight is 284 g/mol. The second kappa shape index (κ2) is 7.10. The maximum absolute atomic E-state index is 8.90. The van der Waals surface area contributed by atoms with Gasteiger partial charge in [-0.3, -0.25) is 0 Å². The van der Waals surface area contributed by atoms with Crippen molar-refractivity contribution < 1.29 is 9.15 Å². The normalized spacial score (nSPS) is 10.5. The van der Waals surface area contributed by atoms with E-state index >= 15 is 0 Å². The monoisotopic (exact) mass is 284 g/mol. The molecule has 0 unspecified atom stereocenters. The average Bonchev–Trinajstić information content (AvgIpc) is 2.86. The maximum Gasteiger partial charge on any atom is 0.252 e. The minimum Gasteiger partial charge on any atom is -0.493 e. The Morgan fingerprint density at radius 3 is 3.05 bits per heavy atom. The number of oxazole rings is 1. The second-order valence-corrected chi connectivity index (χ2v) is 4.28. The van der Waals surface area contributed by atoms with Crippen molar-refractivity contribution in [2.75, 3.05) is 12.0 Å². The van der Waals surface area contributed by atoms with Gasteiger partial charge in [0, 0.05) is 12.5 Å². The van der Waals surface area contributed by atoms with Crippen LogP contribution < -0.4 is 10.2 Å². The van der Waals surface area contributed by atoms with Crippen molar-refractivity contribution in [2.45, 2.75) is 20.3 Å². The fourth-order valence-corrected chi connectivity index (χ4v) is 1.67. The first-order chi connectivity index (χ1) is 10.2. The summed E-state index contributed by atoms with van der Waals surface area (Å²) >= 11 is 0. The van der Waals surface area contributed by atoms with Crippen LogP contribution in [0.3, 0.4) is 0 Å². The number of aromatic nitrogens is 1. The zero-order chi connectivity index (χ0) is 15.1. The van der Waals surface area contributed by atoms with Gasteiger partial charge in [0.15, 0.2) is 5.89 Å². The zero-order valence-electron chi connectivity index (χ0n) is 12.0. The molecule has 0 amide bonds. The number of nitrogens with zero attached hydrogens (tertiary/aromatic N) is 3. The molecule has 0 spiro atoms. The van der Waals surface area contributed by atoms with Crippen molar-refractivity contribution in [3.05, 3.63) is 41.4 Å². The van der Waals surface area contributed by atoms with Crippen LogP contribution in [-0.4, -0.2) is 17.8 Å². The van der Waals surface area contributed by atoms with E-state index in [-0.39, 0.29) is 11.6 Å². The molecule has 0 fully saturated rings. The first-order valence-corrected chi connectivity index (χ1v) is 6.63. The second-order valence-electron chi connectivity index (χ2n) is 4.28. The van der Waals surface area contributed by atoms with E-state index in [4.69, 9.17) is 14.4 Å². The summed E-state index contributed by atoms with van der Waals surface area (Å²) in [5.74, 6) is 1.41. The third-order valence-electron chi connectivity index (χ3n) is 2.59. The zero-order valence-corrected chi connectivity index (χ0v) is 12.0. The van der Waals surface area contributed by atoms with Crippen LogP contribution in [0.15, 0.2) is 33.8 Å². The fourth-order valence-electron chi connectivity index (χ4n) is 1.67. The summed E-state index contributed by atoms with van der Waals surface area (Å²) in [5, 5.41) is 13.0. The Balaban J connectivity index is 2.09. The van der Waals surface area contributed by atoms with Gasteiger partial charge in [-0.25, -0.2) is 10.4 Å². The minimum atomic E-state index is 0.181. The van der Waals surface area contributed by atoms with Crippen LogP contribution in [0.5, 0.6) is 5.75 Å². The third-order valence-corrected chi connectivity index (χ3v) is 2.59. The molecule has 0 saturated carbocycles. The molecular formula is C15H16N4O2. The van der Waals surface area contributed by atoms with E-state index < -0.39 is 0 Å². The first kappa shape index (κ1) is 14.6. The number of nitriles is 1. The number of ether oxygens (including phenoxy) is 1. The van der Waals surface area contributed by atoms with Crippen molar-refractivity contribution in [1.82, 2.24) is 4.98 Å². The summed E-state index contributed by atoms with van der Waals surface area (Å²) in [7, 11) is 0. The highest BCUT2D eigenvalue weighted by Gasteiger charge is 2.09. The number of anilines is 1. The number of nitrogens with one attached hydrogen (secondary N) is 1. The molecule has 0 radical (unpaired) electrons. The molecule has 6 nitrogen and oxygen atoms in total. The van der Waals surface area contributed by atoms with Gasteiger partial charge in [-0.15, -0.1) is 0 Å². The highest BCUT2D eigenvalue weighted by Crippen LogP contribution is 2.18. The van der Waals surface area contributed by atoms with Crippen LogP contribution >= 0.6 is 0 Å². The smallest absolute Gasteiger partial charge is 0.252 e. The van der Waals surface area contributed by atoms with E-state index in [0.29, 0.717) is 12.5 Å². The van der Waals surface area contributed by atoms with Gasteiger partial charge in [0.2, 0.25) is 5.69 Å². The molecule has 1 aromatic carbocycles. The third kappa shape index (κ3) is 3.83. The predicted molar refractivity (Wildman–Crippen MR) is 79.4 cm³/mol. The molecule has 0 atom stereocenters. The van der Waals surface area contributed by atoms with Crippen LogP contribution in [-0.2, 0) is 0 Å².